The van der Waals surface area contributed by atoms with Gasteiger partial charge in [0.1, 0.15) is 0 Å². The monoisotopic (exact) mass is 417 g/mol. The smallest absolute Gasteiger partial charge is 0.251 e. The third-order valence-corrected chi connectivity index (χ3v) is 6.23. The van der Waals surface area contributed by atoms with Crippen molar-refractivity contribution in [1.29, 1.82) is 5.26 Å². The van der Waals surface area contributed by atoms with Gasteiger partial charge in [-0.05, 0) is 65.9 Å². The van der Waals surface area contributed by atoms with Crippen LogP contribution in [0.3, 0.4) is 0 Å². The third kappa shape index (κ3) is 4.12. The SMILES string of the molecule is CNC(=O)c1ccc(-c2cc(N(C)C(=O)[C@@H]3CCCNC3)cc3c2CN(C#N)C3)cc1. The molecule has 2 heterocycles. The number of rotatable bonds is 4. The number of nitrogens with zero attached hydrogens (tertiary/aromatic N) is 3. The minimum atomic E-state index is -0.132. The van der Waals surface area contributed by atoms with Crippen molar-refractivity contribution in [3.8, 4) is 17.3 Å². The fraction of sp³-hybridized carbons (Fsp3) is 0.375. The average molecular weight is 418 g/mol. The lowest BCUT2D eigenvalue weighted by Crippen LogP contribution is -2.41. The zero-order chi connectivity index (χ0) is 22.0. The van der Waals surface area contributed by atoms with Crippen LogP contribution in [0.4, 0.5) is 5.69 Å². The largest absolute Gasteiger partial charge is 0.355 e. The number of nitriles is 1. The molecule has 7 nitrogen and oxygen atoms in total. The molecule has 1 saturated heterocycles. The minimum Gasteiger partial charge on any atom is -0.355 e. The highest BCUT2D eigenvalue weighted by Crippen LogP contribution is 2.37. The molecule has 2 N–H and O–H groups in total. The van der Waals surface area contributed by atoms with Gasteiger partial charge in [-0.3, -0.25) is 9.59 Å². The van der Waals surface area contributed by atoms with E-state index in [-0.39, 0.29) is 17.7 Å². The molecule has 31 heavy (non-hydrogen) atoms. The highest BCUT2D eigenvalue weighted by atomic mass is 16.2. The predicted octanol–water partition coefficient (Wildman–Crippen LogP) is 2.47. The van der Waals surface area contributed by atoms with Gasteiger partial charge < -0.3 is 20.4 Å². The molecule has 0 unspecified atom stereocenters. The zero-order valence-corrected chi connectivity index (χ0v) is 17.9. The predicted molar refractivity (Wildman–Crippen MR) is 119 cm³/mol. The number of hydrogen-bond acceptors (Lipinski definition) is 5. The number of amides is 2. The summed E-state index contributed by atoms with van der Waals surface area (Å²) >= 11 is 0. The Morgan fingerprint density at radius 3 is 2.65 bits per heavy atom. The second-order valence-corrected chi connectivity index (χ2v) is 8.18. The first-order chi connectivity index (χ1) is 15.0. The summed E-state index contributed by atoms with van der Waals surface area (Å²) < 4.78 is 0. The van der Waals surface area contributed by atoms with E-state index in [0.717, 1.165) is 47.3 Å². The van der Waals surface area contributed by atoms with Crippen molar-refractivity contribution in [1.82, 2.24) is 15.5 Å². The molecule has 2 aromatic rings. The summed E-state index contributed by atoms with van der Waals surface area (Å²) in [6.45, 7) is 2.76. The third-order valence-electron chi connectivity index (χ3n) is 6.23. The number of hydrogen-bond donors (Lipinski definition) is 2. The van der Waals surface area contributed by atoms with Gasteiger partial charge in [0.05, 0.1) is 19.0 Å². The number of nitrogens with one attached hydrogen (secondary N) is 2. The molecule has 0 radical (unpaired) electrons. The molecular weight excluding hydrogens is 390 g/mol. The molecule has 0 bridgehead atoms. The van der Waals surface area contributed by atoms with Crippen LogP contribution in [0, 0.1) is 17.4 Å². The maximum absolute atomic E-state index is 13.1. The van der Waals surface area contributed by atoms with E-state index in [1.165, 1.54) is 0 Å². The second-order valence-electron chi connectivity index (χ2n) is 8.18. The van der Waals surface area contributed by atoms with E-state index in [2.05, 4.69) is 16.8 Å². The van der Waals surface area contributed by atoms with Gasteiger partial charge in [-0.25, -0.2) is 0 Å². The van der Waals surface area contributed by atoms with Crippen LogP contribution in [0.5, 0.6) is 0 Å². The van der Waals surface area contributed by atoms with Crippen LogP contribution in [0.1, 0.15) is 34.3 Å². The van der Waals surface area contributed by atoms with Crippen LogP contribution in [-0.4, -0.2) is 43.9 Å². The van der Waals surface area contributed by atoms with Crippen molar-refractivity contribution < 1.29 is 9.59 Å². The molecule has 1 atom stereocenters. The van der Waals surface area contributed by atoms with Gasteiger partial charge in [0.15, 0.2) is 6.19 Å². The van der Waals surface area contributed by atoms with Crippen molar-refractivity contribution in [2.45, 2.75) is 25.9 Å². The summed E-state index contributed by atoms with van der Waals surface area (Å²) in [4.78, 5) is 28.5. The van der Waals surface area contributed by atoms with Crippen molar-refractivity contribution in [2.75, 3.05) is 32.1 Å². The highest BCUT2D eigenvalue weighted by molar-refractivity contribution is 5.96. The Labute approximate surface area is 182 Å². The Bertz CT molecular complexity index is 1040. The molecule has 2 aromatic carbocycles. The Morgan fingerprint density at radius 1 is 1.23 bits per heavy atom. The molecule has 2 aliphatic heterocycles. The van der Waals surface area contributed by atoms with E-state index < -0.39 is 0 Å². The van der Waals surface area contributed by atoms with Crippen LogP contribution in [0.2, 0.25) is 0 Å². The van der Waals surface area contributed by atoms with E-state index >= 15 is 0 Å². The summed E-state index contributed by atoms with van der Waals surface area (Å²) in [6.07, 6.45) is 4.14. The summed E-state index contributed by atoms with van der Waals surface area (Å²) in [6, 6.07) is 11.5. The van der Waals surface area contributed by atoms with E-state index in [9.17, 15) is 14.9 Å². The van der Waals surface area contributed by atoms with Gasteiger partial charge in [-0.1, -0.05) is 12.1 Å². The summed E-state index contributed by atoms with van der Waals surface area (Å²) in [5.74, 6) is -0.0336. The number of anilines is 1. The lowest BCUT2D eigenvalue weighted by Gasteiger charge is -2.28. The lowest BCUT2D eigenvalue weighted by molar-refractivity contribution is -0.122. The van der Waals surface area contributed by atoms with E-state index in [1.54, 1.807) is 29.0 Å². The summed E-state index contributed by atoms with van der Waals surface area (Å²) in [5.41, 5.74) is 5.54. The first-order valence-electron chi connectivity index (χ1n) is 10.6. The van der Waals surface area contributed by atoms with Gasteiger partial charge >= 0.3 is 0 Å². The molecule has 0 aromatic heterocycles. The van der Waals surface area contributed by atoms with Crippen molar-refractivity contribution in [3.63, 3.8) is 0 Å². The van der Waals surface area contributed by atoms with Crippen LogP contribution in [0.15, 0.2) is 36.4 Å². The van der Waals surface area contributed by atoms with Gasteiger partial charge in [-0.15, -0.1) is 0 Å². The Hall–Kier alpha value is -3.37. The molecular formula is C24H27N5O2. The van der Waals surface area contributed by atoms with Crippen LogP contribution < -0.4 is 15.5 Å². The molecule has 1 fully saturated rings. The van der Waals surface area contributed by atoms with Gasteiger partial charge in [-0.2, -0.15) is 5.26 Å². The van der Waals surface area contributed by atoms with Crippen LogP contribution in [0.25, 0.3) is 11.1 Å². The first kappa shape index (κ1) is 20.9. The Morgan fingerprint density at radius 2 is 2.00 bits per heavy atom. The topological polar surface area (TPSA) is 88.5 Å². The zero-order valence-electron chi connectivity index (χ0n) is 17.9. The van der Waals surface area contributed by atoms with Gasteiger partial charge in [0.2, 0.25) is 5.91 Å². The summed E-state index contributed by atoms with van der Waals surface area (Å²) in [5, 5.41) is 15.4. The molecule has 2 aliphatic rings. The molecule has 2 amide bonds. The van der Waals surface area contributed by atoms with Gasteiger partial charge in [0.25, 0.3) is 5.91 Å². The highest BCUT2D eigenvalue weighted by Gasteiger charge is 2.28. The standard InChI is InChI=1S/C24H27N5O2/c1-26-23(30)17-7-5-16(6-8-17)21-11-20(10-19-13-29(15-25)14-22(19)21)28(2)24(31)18-4-3-9-27-12-18/h5-8,10-11,18,27H,3-4,9,12-14H2,1-2H3,(H,26,30)/t18-/m1/s1. The van der Waals surface area contributed by atoms with Crippen molar-refractivity contribution >= 4 is 17.5 Å². The number of benzene rings is 2. The van der Waals surface area contributed by atoms with E-state index in [4.69, 9.17) is 0 Å². The second kappa shape index (κ2) is 8.78. The minimum absolute atomic E-state index is 0.0158. The molecule has 4 rings (SSSR count). The fourth-order valence-electron chi connectivity index (χ4n) is 4.43. The quantitative estimate of drug-likeness (QED) is 0.746. The van der Waals surface area contributed by atoms with Crippen molar-refractivity contribution in [3.05, 3.63) is 53.1 Å². The summed E-state index contributed by atoms with van der Waals surface area (Å²) in [7, 11) is 3.44. The first-order valence-corrected chi connectivity index (χ1v) is 10.6. The van der Waals surface area contributed by atoms with Crippen LogP contribution in [-0.2, 0) is 17.9 Å². The number of carbonyl (C=O) groups excluding carboxylic acids is 2. The maximum atomic E-state index is 13.1. The fourth-order valence-corrected chi connectivity index (χ4v) is 4.43. The number of carbonyl (C=O) groups is 2. The molecule has 0 saturated carbocycles. The molecule has 0 spiro atoms. The van der Waals surface area contributed by atoms with Crippen molar-refractivity contribution in [2.24, 2.45) is 5.92 Å². The normalized spacial score (nSPS) is 17.6. The number of fused-ring (bicyclic) bond motifs is 1. The maximum Gasteiger partial charge on any atom is 0.251 e. The molecule has 7 heteroatoms. The average Bonchev–Trinajstić information content (AvgIpc) is 3.26. The van der Waals surface area contributed by atoms with E-state index in [0.29, 0.717) is 25.2 Å². The van der Waals surface area contributed by atoms with E-state index in [1.807, 2.05) is 31.3 Å². The Balaban J connectivity index is 1.71. The molecule has 0 aliphatic carbocycles. The Kier molecular flexibility index (Phi) is 5.92. The lowest BCUT2D eigenvalue weighted by atomic mass is 9.94. The number of piperidine rings is 1. The van der Waals surface area contributed by atoms with Crippen LogP contribution >= 0.6 is 0 Å². The van der Waals surface area contributed by atoms with Gasteiger partial charge in [0, 0.05) is 31.9 Å². The molecule has 160 valence electrons.